The number of ether oxygens (including phenoxy) is 1. The van der Waals surface area contributed by atoms with Gasteiger partial charge in [0.05, 0.1) is 0 Å². The minimum atomic E-state index is -4.71. The summed E-state index contributed by atoms with van der Waals surface area (Å²) in [5.41, 5.74) is 3.03. The summed E-state index contributed by atoms with van der Waals surface area (Å²) in [5.74, 6) is 0.386. The molecule has 2 heterocycles. The summed E-state index contributed by atoms with van der Waals surface area (Å²) >= 11 is 0. The molecule has 0 unspecified atom stereocenters. The van der Waals surface area contributed by atoms with E-state index in [1.54, 1.807) is 43.4 Å². The Morgan fingerprint density at radius 2 is 1.91 bits per heavy atom. The molecule has 176 valence electrons. The number of amides is 1. The average molecular weight is 470 g/mol. The minimum absolute atomic E-state index is 0.196. The Labute approximate surface area is 193 Å². The molecule has 34 heavy (non-hydrogen) atoms. The van der Waals surface area contributed by atoms with E-state index in [0.717, 1.165) is 11.1 Å². The third-order valence-electron chi connectivity index (χ3n) is 5.12. The molecule has 0 saturated carbocycles. The van der Waals surface area contributed by atoms with E-state index in [-0.39, 0.29) is 11.7 Å². The van der Waals surface area contributed by atoms with Crippen molar-refractivity contribution >= 4 is 29.1 Å². The first-order chi connectivity index (χ1) is 16.3. The first kappa shape index (κ1) is 23.0. The molecule has 1 amide bonds. The summed E-state index contributed by atoms with van der Waals surface area (Å²) in [6.45, 7) is 1.16. The zero-order valence-corrected chi connectivity index (χ0v) is 18.1. The molecular formula is C23H21F3N6O2. The molecule has 0 saturated heterocycles. The molecule has 0 radical (unpaired) electrons. The number of carbonyl (C=O) groups is 1. The van der Waals surface area contributed by atoms with Crippen LogP contribution >= 0.6 is 0 Å². The SMILES string of the molecule is CNC(=O)c1cccc(Nc2ncnc(N3CC=C(c4ccc(OC(F)(F)F)cc4)CC3)n2)c1. The monoisotopic (exact) mass is 470 g/mol. The van der Waals surface area contributed by atoms with Crippen LogP contribution in [0.3, 0.4) is 0 Å². The van der Waals surface area contributed by atoms with Gasteiger partial charge in [0.25, 0.3) is 5.91 Å². The lowest BCUT2D eigenvalue weighted by Gasteiger charge is -2.26. The van der Waals surface area contributed by atoms with Gasteiger partial charge in [-0.3, -0.25) is 4.79 Å². The fraction of sp³-hybridized carbons (Fsp3) is 0.217. The number of anilines is 3. The number of alkyl halides is 3. The quantitative estimate of drug-likeness (QED) is 0.559. The van der Waals surface area contributed by atoms with Crippen molar-refractivity contribution in [1.82, 2.24) is 20.3 Å². The van der Waals surface area contributed by atoms with Gasteiger partial charge in [0.15, 0.2) is 0 Å². The number of halogens is 3. The lowest BCUT2D eigenvalue weighted by molar-refractivity contribution is -0.274. The van der Waals surface area contributed by atoms with Crippen LogP contribution in [0.5, 0.6) is 5.75 Å². The number of rotatable bonds is 6. The molecule has 1 aliphatic rings. The van der Waals surface area contributed by atoms with Crippen LogP contribution in [0.4, 0.5) is 30.8 Å². The maximum absolute atomic E-state index is 12.3. The van der Waals surface area contributed by atoms with Gasteiger partial charge in [0.1, 0.15) is 12.1 Å². The van der Waals surface area contributed by atoms with Gasteiger partial charge in [-0.2, -0.15) is 4.98 Å². The van der Waals surface area contributed by atoms with E-state index in [1.807, 2.05) is 11.0 Å². The molecule has 2 N–H and O–H groups in total. The van der Waals surface area contributed by atoms with Gasteiger partial charge in [-0.1, -0.05) is 24.3 Å². The van der Waals surface area contributed by atoms with Crippen molar-refractivity contribution in [2.75, 3.05) is 30.4 Å². The van der Waals surface area contributed by atoms with Gasteiger partial charge < -0.3 is 20.3 Å². The highest BCUT2D eigenvalue weighted by molar-refractivity contribution is 5.95. The molecule has 0 aliphatic carbocycles. The van der Waals surface area contributed by atoms with E-state index in [2.05, 4.69) is 30.3 Å². The van der Waals surface area contributed by atoms with E-state index >= 15 is 0 Å². The van der Waals surface area contributed by atoms with Crippen LogP contribution < -0.4 is 20.3 Å². The zero-order chi connectivity index (χ0) is 24.1. The normalized spacial score (nSPS) is 13.8. The number of benzene rings is 2. The van der Waals surface area contributed by atoms with Crippen LogP contribution in [0.2, 0.25) is 0 Å². The van der Waals surface area contributed by atoms with Crippen molar-refractivity contribution in [1.29, 1.82) is 0 Å². The van der Waals surface area contributed by atoms with Crippen molar-refractivity contribution in [3.63, 3.8) is 0 Å². The first-order valence-electron chi connectivity index (χ1n) is 10.4. The lowest BCUT2D eigenvalue weighted by Crippen LogP contribution is -2.30. The van der Waals surface area contributed by atoms with Crippen LogP contribution in [0.15, 0.2) is 60.9 Å². The van der Waals surface area contributed by atoms with E-state index in [9.17, 15) is 18.0 Å². The van der Waals surface area contributed by atoms with Crippen LogP contribution in [0, 0.1) is 0 Å². The summed E-state index contributed by atoms with van der Waals surface area (Å²) in [4.78, 5) is 26.7. The van der Waals surface area contributed by atoms with E-state index in [0.29, 0.717) is 42.7 Å². The maximum Gasteiger partial charge on any atom is 0.573 e. The molecule has 11 heteroatoms. The molecule has 0 bridgehead atoms. The predicted molar refractivity (Wildman–Crippen MR) is 121 cm³/mol. The number of carbonyl (C=O) groups excluding carboxylic acids is 1. The second kappa shape index (κ2) is 9.77. The Balaban J connectivity index is 1.42. The summed E-state index contributed by atoms with van der Waals surface area (Å²) in [7, 11) is 1.57. The number of hydrogen-bond donors (Lipinski definition) is 2. The molecule has 4 rings (SSSR count). The molecule has 0 spiro atoms. The van der Waals surface area contributed by atoms with Gasteiger partial charge in [-0.05, 0) is 47.9 Å². The Morgan fingerprint density at radius 1 is 1.12 bits per heavy atom. The van der Waals surface area contributed by atoms with Crippen LogP contribution in [0.25, 0.3) is 5.57 Å². The van der Waals surface area contributed by atoms with Gasteiger partial charge in [0.2, 0.25) is 11.9 Å². The molecule has 3 aromatic rings. The summed E-state index contributed by atoms with van der Waals surface area (Å²) < 4.78 is 40.9. The molecule has 0 atom stereocenters. The maximum atomic E-state index is 12.3. The smallest absolute Gasteiger partial charge is 0.406 e. The lowest BCUT2D eigenvalue weighted by atomic mass is 9.99. The van der Waals surface area contributed by atoms with Crippen molar-refractivity contribution in [2.45, 2.75) is 12.8 Å². The molecule has 1 aliphatic heterocycles. The highest BCUT2D eigenvalue weighted by atomic mass is 19.4. The van der Waals surface area contributed by atoms with E-state index in [4.69, 9.17) is 0 Å². The fourth-order valence-electron chi connectivity index (χ4n) is 3.50. The van der Waals surface area contributed by atoms with Crippen LogP contribution in [-0.4, -0.2) is 47.4 Å². The van der Waals surface area contributed by atoms with Crippen LogP contribution in [0.1, 0.15) is 22.3 Å². The highest BCUT2D eigenvalue weighted by Gasteiger charge is 2.31. The largest absolute Gasteiger partial charge is 0.573 e. The number of aromatic nitrogens is 3. The molecular weight excluding hydrogens is 449 g/mol. The molecule has 0 fully saturated rings. The van der Waals surface area contributed by atoms with Crippen molar-refractivity contribution in [3.05, 3.63) is 72.1 Å². The predicted octanol–water partition coefficient (Wildman–Crippen LogP) is 4.17. The highest BCUT2D eigenvalue weighted by Crippen LogP contribution is 2.28. The zero-order valence-electron chi connectivity index (χ0n) is 18.1. The van der Waals surface area contributed by atoms with Gasteiger partial charge >= 0.3 is 6.36 Å². The standard InChI is InChI=1S/C23H21F3N6O2/c1-27-20(33)17-3-2-4-18(13-17)30-21-28-14-29-22(31-21)32-11-9-16(10-12-32)15-5-7-19(8-6-15)34-23(24,25)26/h2-9,13-14H,10-12H2,1H3,(H,27,33)(H,28,29,30,31). The molecule has 1 aromatic heterocycles. The fourth-order valence-corrected chi connectivity index (χ4v) is 3.50. The second-order valence-corrected chi connectivity index (χ2v) is 7.39. The topological polar surface area (TPSA) is 92.3 Å². The Bertz CT molecular complexity index is 1200. The minimum Gasteiger partial charge on any atom is -0.406 e. The van der Waals surface area contributed by atoms with Crippen molar-refractivity contribution in [3.8, 4) is 5.75 Å². The summed E-state index contributed by atoms with van der Waals surface area (Å²) in [5, 5.41) is 5.66. The Hall–Kier alpha value is -4.15. The van der Waals surface area contributed by atoms with Crippen molar-refractivity contribution < 1.29 is 22.7 Å². The Morgan fingerprint density at radius 3 is 2.59 bits per heavy atom. The number of nitrogens with zero attached hydrogens (tertiary/aromatic N) is 4. The van der Waals surface area contributed by atoms with Crippen LogP contribution in [-0.2, 0) is 0 Å². The molecule has 2 aromatic carbocycles. The van der Waals surface area contributed by atoms with Gasteiger partial charge in [0, 0.05) is 31.4 Å². The van der Waals surface area contributed by atoms with E-state index in [1.165, 1.54) is 18.5 Å². The van der Waals surface area contributed by atoms with Gasteiger partial charge in [-0.25, -0.2) is 9.97 Å². The first-order valence-corrected chi connectivity index (χ1v) is 10.4. The average Bonchev–Trinajstić information content (AvgIpc) is 2.83. The van der Waals surface area contributed by atoms with Crippen molar-refractivity contribution in [2.24, 2.45) is 0 Å². The second-order valence-electron chi connectivity index (χ2n) is 7.39. The number of nitrogens with one attached hydrogen (secondary N) is 2. The summed E-state index contributed by atoms with van der Waals surface area (Å²) in [6, 6.07) is 12.8. The number of hydrogen-bond acceptors (Lipinski definition) is 7. The summed E-state index contributed by atoms with van der Waals surface area (Å²) in [6.07, 6.45) is -0.641. The van der Waals surface area contributed by atoms with Gasteiger partial charge in [-0.15, -0.1) is 13.2 Å². The third kappa shape index (κ3) is 5.80. The third-order valence-corrected chi connectivity index (χ3v) is 5.12. The molecule has 8 nitrogen and oxygen atoms in total. The Kier molecular flexibility index (Phi) is 6.62. The van der Waals surface area contributed by atoms with E-state index < -0.39 is 6.36 Å².